The fourth-order valence-electron chi connectivity index (χ4n) is 3.60. The average molecular weight is 257 g/mol. The van der Waals surface area contributed by atoms with E-state index in [0.29, 0.717) is 6.04 Å². The molecule has 0 aliphatic carbocycles. The second-order valence-electron chi connectivity index (χ2n) is 5.70. The van der Waals surface area contributed by atoms with Gasteiger partial charge in [-0.1, -0.05) is 0 Å². The molecule has 1 aromatic heterocycles. The maximum Gasteiger partial charge on any atom is 0.192 e. The topological polar surface area (TPSA) is 41.3 Å². The molecule has 2 unspecified atom stereocenters. The molecular weight excluding hydrogens is 238 g/mol. The predicted octanol–water partition coefficient (Wildman–Crippen LogP) is 2.78. The Labute approximate surface area is 112 Å². The molecule has 19 heavy (non-hydrogen) atoms. The summed E-state index contributed by atoms with van der Waals surface area (Å²) < 4.78 is 5.52. The van der Waals surface area contributed by atoms with E-state index in [-0.39, 0.29) is 0 Å². The van der Waals surface area contributed by atoms with E-state index in [1.54, 1.807) is 0 Å². The molecule has 2 aliphatic rings. The molecule has 100 valence electrons. The summed E-state index contributed by atoms with van der Waals surface area (Å²) in [6.07, 6.45) is 3.94. The fraction of sp³-hybridized carbons (Fsp3) is 0.533. The van der Waals surface area contributed by atoms with Gasteiger partial charge in [-0.25, -0.2) is 4.98 Å². The number of rotatable bonds is 2. The Morgan fingerprint density at radius 2 is 2.26 bits per heavy atom. The van der Waals surface area contributed by atoms with E-state index >= 15 is 0 Å². The zero-order chi connectivity index (χ0) is 12.8. The lowest BCUT2D eigenvalue weighted by atomic mass is 10.1. The van der Waals surface area contributed by atoms with Gasteiger partial charge < -0.3 is 9.73 Å². The van der Waals surface area contributed by atoms with Crippen molar-refractivity contribution < 1.29 is 4.42 Å². The summed E-state index contributed by atoms with van der Waals surface area (Å²) in [5.74, 6) is 0.731. The van der Waals surface area contributed by atoms with E-state index in [2.05, 4.69) is 27.3 Å². The molecule has 1 N–H and O–H groups in total. The zero-order valence-electron chi connectivity index (χ0n) is 11.2. The molecule has 1 aromatic carbocycles. The molecule has 2 aromatic rings. The van der Waals surface area contributed by atoms with Gasteiger partial charge >= 0.3 is 0 Å². The van der Waals surface area contributed by atoms with Crippen molar-refractivity contribution in [3.05, 3.63) is 24.1 Å². The minimum atomic E-state index is 0.591. The molecule has 2 atom stereocenters. The molecule has 0 saturated carbocycles. The molecule has 2 aliphatic heterocycles. The Hall–Kier alpha value is -1.55. The second kappa shape index (κ2) is 4.23. The molecule has 4 heteroatoms. The second-order valence-corrected chi connectivity index (χ2v) is 5.70. The van der Waals surface area contributed by atoms with Crippen LogP contribution in [0.2, 0.25) is 0 Å². The maximum absolute atomic E-state index is 5.52. The largest absolute Gasteiger partial charge is 0.441 e. The number of anilines is 1. The molecule has 0 amide bonds. The highest BCUT2D eigenvalue weighted by Crippen LogP contribution is 2.30. The van der Waals surface area contributed by atoms with Gasteiger partial charge in [-0.3, -0.25) is 4.90 Å². The first kappa shape index (κ1) is 11.3. The van der Waals surface area contributed by atoms with Crippen LogP contribution in [0.5, 0.6) is 0 Å². The SMILES string of the molecule is Cc1nc2cc(NC3CCN4CCCC34)ccc2o1. The van der Waals surface area contributed by atoms with E-state index < -0.39 is 0 Å². The van der Waals surface area contributed by atoms with Gasteiger partial charge in [0.2, 0.25) is 0 Å². The van der Waals surface area contributed by atoms with Crippen molar-refractivity contribution in [3.63, 3.8) is 0 Å². The number of nitrogens with zero attached hydrogens (tertiary/aromatic N) is 2. The van der Waals surface area contributed by atoms with E-state index in [1.165, 1.54) is 38.0 Å². The number of hydrogen-bond donors (Lipinski definition) is 1. The van der Waals surface area contributed by atoms with Crippen molar-refractivity contribution in [1.29, 1.82) is 0 Å². The fourth-order valence-corrected chi connectivity index (χ4v) is 3.60. The highest BCUT2D eigenvalue weighted by Gasteiger charge is 2.36. The normalized spacial score (nSPS) is 27.0. The van der Waals surface area contributed by atoms with Crippen LogP contribution in [0.3, 0.4) is 0 Å². The maximum atomic E-state index is 5.52. The zero-order valence-corrected chi connectivity index (χ0v) is 11.2. The summed E-state index contributed by atoms with van der Waals surface area (Å²) in [5, 5.41) is 3.69. The lowest BCUT2D eigenvalue weighted by molar-refractivity contribution is 0.318. The highest BCUT2D eigenvalue weighted by atomic mass is 16.3. The van der Waals surface area contributed by atoms with Crippen LogP contribution in [-0.4, -0.2) is 35.1 Å². The molecule has 2 saturated heterocycles. The van der Waals surface area contributed by atoms with Crippen LogP contribution in [0.4, 0.5) is 5.69 Å². The van der Waals surface area contributed by atoms with Crippen LogP contribution in [0, 0.1) is 6.92 Å². The lowest BCUT2D eigenvalue weighted by Gasteiger charge is -2.22. The van der Waals surface area contributed by atoms with Gasteiger partial charge in [-0.15, -0.1) is 0 Å². The van der Waals surface area contributed by atoms with Crippen molar-refractivity contribution in [2.45, 2.75) is 38.3 Å². The Balaban J connectivity index is 1.57. The van der Waals surface area contributed by atoms with Crippen LogP contribution in [0.25, 0.3) is 11.1 Å². The molecular formula is C15H19N3O. The number of hydrogen-bond acceptors (Lipinski definition) is 4. The molecule has 3 heterocycles. The summed E-state index contributed by atoms with van der Waals surface area (Å²) in [4.78, 5) is 7.02. The van der Waals surface area contributed by atoms with Gasteiger partial charge in [0, 0.05) is 31.2 Å². The third-order valence-corrected chi connectivity index (χ3v) is 4.45. The third-order valence-electron chi connectivity index (χ3n) is 4.45. The predicted molar refractivity (Wildman–Crippen MR) is 75.4 cm³/mol. The summed E-state index contributed by atoms with van der Waals surface area (Å²) in [7, 11) is 0. The summed E-state index contributed by atoms with van der Waals surface area (Å²) in [5.41, 5.74) is 2.99. The monoisotopic (exact) mass is 257 g/mol. The summed E-state index contributed by atoms with van der Waals surface area (Å²) >= 11 is 0. The molecule has 0 bridgehead atoms. The first-order chi connectivity index (χ1) is 9.29. The first-order valence-corrected chi connectivity index (χ1v) is 7.17. The lowest BCUT2D eigenvalue weighted by Crippen LogP contribution is -2.33. The van der Waals surface area contributed by atoms with Gasteiger partial charge in [0.15, 0.2) is 11.5 Å². The summed E-state index contributed by atoms with van der Waals surface area (Å²) in [6.45, 7) is 4.42. The van der Waals surface area contributed by atoms with Crippen molar-refractivity contribution in [2.75, 3.05) is 18.4 Å². The number of nitrogens with one attached hydrogen (secondary N) is 1. The number of oxazole rings is 1. The van der Waals surface area contributed by atoms with Gasteiger partial charge in [-0.05, 0) is 44.0 Å². The molecule has 0 radical (unpaired) electrons. The molecule has 4 rings (SSSR count). The Bertz CT molecular complexity index is 606. The van der Waals surface area contributed by atoms with Crippen LogP contribution in [-0.2, 0) is 0 Å². The van der Waals surface area contributed by atoms with Gasteiger partial charge in [0.1, 0.15) is 5.52 Å². The average Bonchev–Trinajstić information content (AvgIpc) is 3.05. The van der Waals surface area contributed by atoms with E-state index in [0.717, 1.165) is 23.0 Å². The molecule has 2 fully saturated rings. The van der Waals surface area contributed by atoms with Gasteiger partial charge in [-0.2, -0.15) is 0 Å². The van der Waals surface area contributed by atoms with Crippen LogP contribution >= 0.6 is 0 Å². The summed E-state index contributed by atoms with van der Waals surface area (Å²) in [6, 6.07) is 7.54. The molecule has 0 spiro atoms. The van der Waals surface area contributed by atoms with Crippen molar-refractivity contribution in [2.24, 2.45) is 0 Å². The molecule has 4 nitrogen and oxygen atoms in total. The number of aryl methyl sites for hydroxylation is 1. The van der Waals surface area contributed by atoms with Crippen LogP contribution in [0.15, 0.2) is 22.6 Å². The minimum absolute atomic E-state index is 0.591. The van der Waals surface area contributed by atoms with Crippen molar-refractivity contribution in [1.82, 2.24) is 9.88 Å². The number of benzene rings is 1. The van der Waals surface area contributed by atoms with Crippen molar-refractivity contribution >= 4 is 16.8 Å². The number of aromatic nitrogens is 1. The highest BCUT2D eigenvalue weighted by molar-refractivity contribution is 5.77. The van der Waals surface area contributed by atoms with Crippen LogP contribution in [0.1, 0.15) is 25.2 Å². The van der Waals surface area contributed by atoms with E-state index in [4.69, 9.17) is 4.42 Å². The minimum Gasteiger partial charge on any atom is -0.441 e. The van der Waals surface area contributed by atoms with Gasteiger partial charge in [0.05, 0.1) is 0 Å². The standard InChI is InChI=1S/C15H19N3O/c1-10-16-13-9-11(4-5-15(13)19-10)17-12-6-8-18-7-2-3-14(12)18/h4-5,9,12,14,17H,2-3,6-8H2,1H3. The van der Waals surface area contributed by atoms with Crippen LogP contribution < -0.4 is 5.32 Å². The number of fused-ring (bicyclic) bond motifs is 2. The third kappa shape index (κ3) is 1.91. The van der Waals surface area contributed by atoms with Gasteiger partial charge in [0.25, 0.3) is 0 Å². The first-order valence-electron chi connectivity index (χ1n) is 7.17. The Kier molecular flexibility index (Phi) is 2.52. The van der Waals surface area contributed by atoms with E-state index in [1.807, 2.05) is 13.0 Å². The Morgan fingerprint density at radius 3 is 3.21 bits per heavy atom. The Morgan fingerprint density at radius 1 is 1.32 bits per heavy atom. The quantitative estimate of drug-likeness (QED) is 0.898. The smallest absolute Gasteiger partial charge is 0.192 e. The van der Waals surface area contributed by atoms with E-state index in [9.17, 15) is 0 Å². The van der Waals surface area contributed by atoms with Crippen molar-refractivity contribution in [3.8, 4) is 0 Å².